The first-order chi connectivity index (χ1) is 9.81. The number of hydrogen-bond acceptors (Lipinski definition) is 2. The average molecular weight is 330 g/mol. The van der Waals surface area contributed by atoms with Crippen molar-refractivity contribution in [1.29, 1.82) is 0 Å². The molecule has 2 aromatic rings. The molecule has 1 N–H and O–H groups in total. The van der Waals surface area contributed by atoms with Crippen LogP contribution in [0.3, 0.4) is 0 Å². The first-order valence-corrected chi connectivity index (χ1v) is 7.53. The average Bonchev–Trinajstić information content (AvgIpc) is 2.73. The fourth-order valence-electron chi connectivity index (χ4n) is 2.57. The number of halogens is 3. The van der Waals surface area contributed by atoms with Gasteiger partial charge in [0, 0.05) is 28.2 Å². The molecule has 0 amide bonds. The predicted octanol–water partition coefficient (Wildman–Crippen LogP) is 5.75. The molecular weight excluding hydrogens is 312 g/mol. The summed E-state index contributed by atoms with van der Waals surface area (Å²) in [4.78, 5) is 0. The quantitative estimate of drug-likeness (QED) is 0.722. The zero-order valence-corrected chi connectivity index (χ0v) is 13.9. The number of nitrogens with one attached hydrogen (secondary N) is 1. The van der Waals surface area contributed by atoms with Crippen molar-refractivity contribution < 1.29 is 8.81 Å². The molecule has 0 saturated heterocycles. The molecule has 21 heavy (non-hydrogen) atoms. The maximum Gasteiger partial charge on any atom is 0.142 e. The van der Waals surface area contributed by atoms with Crippen LogP contribution in [0.4, 0.5) is 4.39 Å². The van der Waals surface area contributed by atoms with E-state index in [1.807, 2.05) is 33.8 Å². The van der Waals surface area contributed by atoms with Gasteiger partial charge in [-0.05, 0) is 45.9 Å². The Labute approximate surface area is 134 Å². The molecule has 0 bridgehead atoms. The first kappa shape index (κ1) is 16.3. The molecule has 0 aliphatic carbocycles. The number of rotatable bonds is 4. The molecule has 2 nitrogen and oxygen atoms in total. The van der Waals surface area contributed by atoms with Crippen molar-refractivity contribution in [2.45, 2.75) is 39.8 Å². The van der Waals surface area contributed by atoms with Crippen molar-refractivity contribution in [2.75, 3.05) is 0 Å². The van der Waals surface area contributed by atoms with Crippen molar-refractivity contribution in [3.8, 4) is 0 Å². The molecule has 2 rings (SSSR count). The van der Waals surface area contributed by atoms with Gasteiger partial charge in [0.15, 0.2) is 0 Å². The zero-order chi connectivity index (χ0) is 15.7. The van der Waals surface area contributed by atoms with E-state index in [1.54, 1.807) is 0 Å². The molecule has 1 aromatic heterocycles. The molecule has 5 heteroatoms. The van der Waals surface area contributed by atoms with Crippen LogP contribution in [-0.2, 0) is 0 Å². The summed E-state index contributed by atoms with van der Waals surface area (Å²) in [5.41, 5.74) is 1.64. The van der Waals surface area contributed by atoms with Gasteiger partial charge in [0.05, 0.1) is 5.02 Å². The molecular formula is C16H18Cl2FNO. The van der Waals surface area contributed by atoms with Gasteiger partial charge in [-0.1, -0.05) is 23.2 Å². The van der Waals surface area contributed by atoms with E-state index in [-0.39, 0.29) is 17.1 Å². The summed E-state index contributed by atoms with van der Waals surface area (Å²) in [6.07, 6.45) is 0. The fourth-order valence-corrected chi connectivity index (χ4v) is 3.27. The lowest BCUT2D eigenvalue weighted by molar-refractivity contribution is 0.468. The molecule has 0 aliphatic heterocycles. The van der Waals surface area contributed by atoms with Gasteiger partial charge in [0.1, 0.15) is 17.3 Å². The SMILES string of the molecule is Cc1cc(C(C)NC(C)c2c(Cl)ccc(F)c2Cl)c(C)o1. The molecule has 114 valence electrons. The summed E-state index contributed by atoms with van der Waals surface area (Å²) >= 11 is 12.2. The second kappa shape index (κ2) is 6.39. The van der Waals surface area contributed by atoms with E-state index in [0.717, 1.165) is 17.1 Å². The van der Waals surface area contributed by atoms with Crippen LogP contribution < -0.4 is 5.32 Å². The van der Waals surface area contributed by atoms with E-state index < -0.39 is 5.82 Å². The molecule has 1 aromatic carbocycles. The Balaban J connectivity index is 2.24. The maximum absolute atomic E-state index is 13.6. The third kappa shape index (κ3) is 3.42. The highest BCUT2D eigenvalue weighted by Crippen LogP contribution is 2.34. The minimum atomic E-state index is -0.465. The van der Waals surface area contributed by atoms with Gasteiger partial charge in [-0.2, -0.15) is 0 Å². The van der Waals surface area contributed by atoms with E-state index >= 15 is 0 Å². The Kier molecular flexibility index (Phi) is 4.97. The summed E-state index contributed by atoms with van der Waals surface area (Å²) in [5, 5.41) is 3.90. The third-order valence-corrected chi connectivity index (χ3v) is 4.27. The summed E-state index contributed by atoms with van der Waals surface area (Å²) in [6, 6.07) is 4.63. The lowest BCUT2D eigenvalue weighted by atomic mass is 10.0. The van der Waals surface area contributed by atoms with Gasteiger partial charge in [0.2, 0.25) is 0 Å². The van der Waals surface area contributed by atoms with Crippen LogP contribution in [0, 0.1) is 19.7 Å². The normalized spacial score (nSPS) is 14.2. The van der Waals surface area contributed by atoms with Gasteiger partial charge in [-0.25, -0.2) is 4.39 Å². The molecule has 0 saturated carbocycles. The standard InChI is InChI=1S/C16H18Cl2FNO/c1-8-7-12(11(4)21-8)9(2)20-10(3)15-13(17)5-6-14(19)16(15)18/h5-7,9-10,20H,1-4H3. The fraction of sp³-hybridized carbons (Fsp3) is 0.375. The monoisotopic (exact) mass is 329 g/mol. The minimum Gasteiger partial charge on any atom is -0.466 e. The highest BCUT2D eigenvalue weighted by atomic mass is 35.5. The molecule has 0 fully saturated rings. The highest BCUT2D eigenvalue weighted by molar-refractivity contribution is 6.36. The second-order valence-electron chi connectivity index (χ2n) is 5.24. The summed E-state index contributed by atoms with van der Waals surface area (Å²) in [7, 11) is 0. The molecule has 1 heterocycles. The van der Waals surface area contributed by atoms with E-state index in [1.165, 1.54) is 12.1 Å². The van der Waals surface area contributed by atoms with Crippen molar-refractivity contribution in [3.05, 3.63) is 56.7 Å². The van der Waals surface area contributed by atoms with Crippen LogP contribution in [0.25, 0.3) is 0 Å². The van der Waals surface area contributed by atoms with Crippen molar-refractivity contribution in [2.24, 2.45) is 0 Å². The first-order valence-electron chi connectivity index (χ1n) is 6.77. The number of benzene rings is 1. The van der Waals surface area contributed by atoms with Gasteiger partial charge in [-0.15, -0.1) is 0 Å². The summed E-state index contributed by atoms with van der Waals surface area (Å²) < 4.78 is 19.2. The third-order valence-electron chi connectivity index (χ3n) is 3.56. The van der Waals surface area contributed by atoms with Crippen LogP contribution in [0.5, 0.6) is 0 Å². The number of furan rings is 1. The number of aryl methyl sites for hydroxylation is 2. The van der Waals surface area contributed by atoms with E-state index in [2.05, 4.69) is 5.32 Å². The van der Waals surface area contributed by atoms with Crippen LogP contribution in [0.2, 0.25) is 10.0 Å². The van der Waals surface area contributed by atoms with Crippen LogP contribution in [0.1, 0.15) is 48.6 Å². The summed E-state index contributed by atoms with van der Waals surface area (Å²) in [5.74, 6) is 1.27. The van der Waals surface area contributed by atoms with Gasteiger partial charge < -0.3 is 9.73 Å². The number of hydrogen-bond donors (Lipinski definition) is 1. The van der Waals surface area contributed by atoms with Crippen molar-refractivity contribution in [1.82, 2.24) is 5.32 Å². The molecule has 2 unspecified atom stereocenters. The van der Waals surface area contributed by atoms with Crippen LogP contribution in [0.15, 0.2) is 22.6 Å². The Morgan fingerprint density at radius 1 is 1.14 bits per heavy atom. The lowest BCUT2D eigenvalue weighted by Crippen LogP contribution is -2.23. The predicted molar refractivity (Wildman–Crippen MR) is 84.6 cm³/mol. The van der Waals surface area contributed by atoms with Crippen LogP contribution in [-0.4, -0.2) is 0 Å². The van der Waals surface area contributed by atoms with Crippen molar-refractivity contribution >= 4 is 23.2 Å². The van der Waals surface area contributed by atoms with Gasteiger partial charge in [-0.3, -0.25) is 0 Å². The Bertz CT molecular complexity index is 654. The largest absolute Gasteiger partial charge is 0.466 e. The Morgan fingerprint density at radius 2 is 1.81 bits per heavy atom. The maximum atomic E-state index is 13.6. The topological polar surface area (TPSA) is 25.2 Å². The lowest BCUT2D eigenvalue weighted by Gasteiger charge is -2.22. The smallest absolute Gasteiger partial charge is 0.142 e. The summed E-state index contributed by atoms with van der Waals surface area (Å²) in [6.45, 7) is 7.76. The van der Waals surface area contributed by atoms with Gasteiger partial charge in [0.25, 0.3) is 0 Å². The molecule has 0 radical (unpaired) electrons. The molecule has 2 atom stereocenters. The van der Waals surface area contributed by atoms with Gasteiger partial charge >= 0.3 is 0 Å². The zero-order valence-electron chi connectivity index (χ0n) is 12.4. The van der Waals surface area contributed by atoms with E-state index in [9.17, 15) is 4.39 Å². The highest BCUT2D eigenvalue weighted by Gasteiger charge is 2.20. The molecule has 0 aliphatic rings. The Morgan fingerprint density at radius 3 is 2.38 bits per heavy atom. The van der Waals surface area contributed by atoms with Crippen LogP contribution >= 0.6 is 23.2 Å². The van der Waals surface area contributed by atoms with E-state index in [0.29, 0.717) is 10.6 Å². The molecule has 0 spiro atoms. The van der Waals surface area contributed by atoms with E-state index in [4.69, 9.17) is 27.6 Å². The van der Waals surface area contributed by atoms with Crippen molar-refractivity contribution in [3.63, 3.8) is 0 Å². The second-order valence-corrected chi connectivity index (χ2v) is 6.02. The minimum absolute atomic E-state index is 0.0350. The Hall–Kier alpha value is -1.03.